The van der Waals surface area contributed by atoms with Gasteiger partial charge in [-0.25, -0.2) is 4.79 Å². The quantitative estimate of drug-likeness (QED) is 0.414. The van der Waals surface area contributed by atoms with Crippen LogP contribution in [0.2, 0.25) is 0 Å². The van der Waals surface area contributed by atoms with Crippen LogP contribution in [0.25, 0.3) is 0 Å². The Labute approximate surface area is 146 Å². The van der Waals surface area contributed by atoms with Crippen LogP contribution in [0.3, 0.4) is 0 Å². The summed E-state index contributed by atoms with van der Waals surface area (Å²) in [4.78, 5) is 24.5. The second-order valence-electron chi connectivity index (χ2n) is 5.99. The van der Waals surface area contributed by atoms with Crippen molar-refractivity contribution >= 4 is 36.0 Å². The molecule has 1 saturated heterocycles. The molecule has 6 nitrogen and oxygen atoms in total. The van der Waals surface area contributed by atoms with Crippen LogP contribution in [-0.4, -0.2) is 71.2 Å². The first-order valence-corrected chi connectivity index (χ1v) is 7.41. The zero-order valence-electron chi connectivity index (χ0n) is 12.7. The smallest absolute Gasteiger partial charge is 0.352 e. The number of aliphatic carboxylic acids is 1. The molecule has 0 aromatic rings. The maximum absolute atomic E-state index is 11.8. The Hall–Kier alpha value is -0.730. The van der Waals surface area contributed by atoms with Crippen molar-refractivity contribution in [1.29, 1.82) is 0 Å². The van der Waals surface area contributed by atoms with Crippen molar-refractivity contribution < 1.29 is 31.6 Å². The van der Waals surface area contributed by atoms with Gasteiger partial charge in [-0.2, -0.15) is 0 Å². The molecular weight excluding hydrogens is 349 g/mol. The molecule has 0 aromatic heterocycles. The van der Waals surface area contributed by atoms with Gasteiger partial charge in [0.05, 0.1) is 27.7 Å². The van der Waals surface area contributed by atoms with Crippen LogP contribution in [0.5, 0.6) is 0 Å². The molecule has 0 unspecified atom stereocenters. The lowest BCUT2D eigenvalue weighted by Gasteiger charge is -2.47. The van der Waals surface area contributed by atoms with E-state index in [4.69, 9.17) is 5.73 Å². The summed E-state index contributed by atoms with van der Waals surface area (Å²) < 4.78 is 0.759. The largest absolute Gasteiger partial charge is 1.00 e. The van der Waals surface area contributed by atoms with E-state index in [2.05, 4.69) is 21.1 Å². The second kappa shape index (κ2) is 7.70. The number of amides is 1. The summed E-state index contributed by atoms with van der Waals surface area (Å²) in [5.74, 6) is -0.810. The number of allylic oxidation sites excluding steroid dienone is 1. The van der Waals surface area contributed by atoms with Gasteiger partial charge in [0.25, 0.3) is 0 Å². The third-order valence-corrected chi connectivity index (χ3v) is 4.54. The van der Waals surface area contributed by atoms with Crippen LogP contribution < -0.4 is 18.1 Å². The number of carboxylic acids is 1. The van der Waals surface area contributed by atoms with E-state index in [0.717, 1.165) is 11.0 Å². The lowest BCUT2D eigenvalue weighted by Crippen LogP contribution is -3.00. The van der Waals surface area contributed by atoms with E-state index in [1.54, 1.807) is 0 Å². The van der Waals surface area contributed by atoms with Gasteiger partial charge in [0, 0.05) is 5.75 Å². The van der Waals surface area contributed by atoms with Gasteiger partial charge < -0.3 is 27.7 Å². The molecule has 2 heterocycles. The summed E-state index contributed by atoms with van der Waals surface area (Å²) in [5.41, 5.74) is 6.45. The fourth-order valence-electron chi connectivity index (χ4n) is 2.18. The van der Waals surface area contributed by atoms with Crippen molar-refractivity contribution in [2.24, 2.45) is 5.73 Å². The number of rotatable bonds is 4. The topological polar surface area (TPSA) is 83.6 Å². The van der Waals surface area contributed by atoms with Crippen molar-refractivity contribution in [2.45, 2.75) is 11.4 Å². The van der Waals surface area contributed by atoms with Crippen LogP contribution in [0.4, 0.5) is 0 Å². The van der Waals surface area contributed by atoms with Crippen LogP contribution in [0.15, 0.2) is 23.4 Å². The summed E-state index contributed by atoms with van der Waals surface area (Å²) in [6.45, 7) is 0.790. The Morgan fingerprint density at radius 1 is 1.50 bits per heavy atom. The van der Waals surface area contributed by atoms with Crippen LogP contribution in [0.1, 0.15) is 0 Å². The van der Waals surface area contributed by atoms with E-state index in [1.807, 2.05) is 12.2 Å². The molecule has 0 aromatic carbocycles. The number of fused-ring (bicyclic) bond motifs is 1. The summed E-state index contributed by atoms with van der Waals surface area (Å²) in [6, 6.07) is -0.578. The van der Waals surface area contributed by atoms with E-state index >= 15 is 0 Å². The first kappa shape index (κ1) is 21.3. The number of β-lactam (4-membered cyclic amide) rings is 1. The van der Waals surface area contributed by atoms with Crippen molar-refractivity contribution in [3.05, 3.63) is 23.4 Å². The van der Waals surface area contributed by atoms with Gasteiger partial charge >= 0.3 is 5.97 Å². The molecule has 0 radical (unpaired) electrons. The van der Waals surface area contributed by atoms with E-state index in [9.17, 15) is 14.7 Å². The van der Waals surface area contributed by atoms with Crippen molar-refractivity contribution in [3.63, 3.8) is 0 Å². The predicted molar refractivity (Wildman–Crippen MR) is 85.0 cm³/mol. The Morgan fingerprint density at radius 3 is 2.59 bits per heavy atom. The molecule has 0 saturated carbocycles. The maximum atomic E-state index is 11.8. The highest BCUT2D eigenvalue weighted by molar-refractivity contribution is 8.00. The molecule has 22 heavy (non-hydrogen) atoms. The number of carboxylic acid groups (broad SMARTS) is 1. The van der Waals surface area contributed by atoms with Gasteiger partial charge in [0.1, 0.15) is 17.1 Å². The summed E-state index contributed by atoms with van der Waals surface area (Å²) in [5, 5.41) is 9.12. The average Bonchev–Trinajstić information content (AvgIpc) is 2.35. The molecule has 0 bridgehead atoms. The van der Waals surface area contributed by atoms with Gasteiger partial charge in [-0.05, 0) is 11.6 Å². The number of nitrogens with two attached hydrogens (primary N) is 1. The zero-order valence-corrected chi connectivity index (χ0v) is 15.0. The van der Waals surface area contributed by atoms with Crippen LogP contribution in [-0.2, 0) is 9.59 Å². The number of carbonyl (C=O) groups is 2. The van der Waals surface area contributed by atoms with Gasteiger partial charge in [-0.3, -0.25) is 9.69 Å². The minimum absolute atomic E-state index is 0. The highest BCUT2D eigenvalue weighted by Crippen LogP contribution is 2.39. The molecule has 9 heteroatoms. The molecular formula is C13H21Cl2N3O3S. The molecule has 2 aliphatic rings. The zero-order chi connectivity index (χ0) is 15.1. The Bertz CT molecular complexity index is 517. The maximum Gasteiger partial charge on any atom is 0.352 e. The summed E-state index contributed by atoms with van der Waals surface area (Å²) in [6.07, 6.45) is 3.76. The van der Waals surface area contributed by atoms with Crippen LogP contribution in [0, 0.1) is 0 Å². The van der Waals surface area contributed by atoms with Gasteiger partial charge in [-0.1, -0.05) is 6.08 Å². The standard InChI is InChI=1S/C13H19N3O3S.2ClH/c1-16(2,3)6-4-5-8-7-20-12-9(14)11(17)15(12)10(8)13(18)19;;/h4-5,9,12H,6-7,14H2,1-3H3;2*1H/b5-4+;;/t9-,12-;;/m1../s1. The molecule has 126 valence electrons. The van der Waals surface area contributed by atoms with Gasteiger partial charge in [-0.15, -0.1) is 24.2 Å². The number of thioether (sulfide) groups is 1. The van der Waals surface area contributed by atoms with Gasteiger partial charge in [0.15, 0.2) is 0 Å². The molecule has 0 spiro atoms. The summed E-state index contributed by atoms with van der Waals surface area (Å²) >= 11 is 1.51. The fourth-order valence-corrected chi connectivity index (χ4v) is 3.44. The monoisotopic (exact) mass is 369 g/mol. The van der Waals surface area contributed by atoms with Gasteiger partial charge in [0.2, 0.25) is 5.91 Å². The average molecular weight is 370 g/mol. The number of likely N-dealkylation sites (N-methyl/N-ethyl adjacent to an activating group) is 1. The van der Waals surface area contributed by atoms with E-state index in [1.165, 1.54) is 16.7 Å². The predicted octanol–water partition coefficient (Wildman–Crippen LogP) is -2.74. The lowest BCUT2D eigenvalue weighted by atomic mass is 10.0. The molecule has 1 amide bonds. The third kappa shape index (κ3) is 4.17. The molecule has 2 atom stereocenters. The SMILES string of the molecule is C[N+](C)(C)C/C=C/C1=C(C(=O)O)N2C(=O)[C@@H](N)[C@H]2SC1.Cl.[Cl-]. The first-order chi connectivity index (χ1) is 9.22. The molecule has 0 aliphatic carbocycles. The van der Waals surface area contributed by atoms with Crippen molar-refractivity contribution in [1.82, 2.24) is 4.90 Å². The van der Waals surface area contributed by atoms with E-state index in [-0.39, 0.29) is 41.8 Å². The highest BCUT2D eigenvalue weighted by atomic mass is 35.5. The minimum Gasteiger partial charge on any atom is -1.00 e. The van der Waals surface area contributed by atoms with Crippen molar-refractivity contribution in [3.8, 4) is 0 Å². The summed E-state index contributed by atoms with van der Waals surface area (Å²) in [7, 11) is 6.17. The molecule has 3 N–H and O–H groups in total. The number of hydrogen-bond donors (Lipinski definition) is 2. The van der Waals surface area contributed by atoms with Crippen molar-refractivity contribution in [2.75, 3.05) is 33.4 Å². The fraction of sp³-hybridized carbons (Fsp3) is 0.538. The van der Waals surface area contributed by atoms with E-state index in [0.29, 0.717) is 11.3 Å². The molecule has 2 rings (SSSR count). The number of hydrogen-bond acceptors (Lipinski definition) is 4. The number of nitrogens with zero attached hydrogens (tertiary/aromatic N) is 2. The first-order valence-electron chi connectivity index (χ1n) is 6.36. The highest BCUT2D eigenvalue weighted by Gasteiger charge is 2.51. The molecule has 1 fully saturated rings. The number of quaternary nitrogens is 1. The molecule has 2 aliphatic heterocycles. The lowest BCUT2D eigenvalue weighted by molar-refractivity contribution is -0.864. The Morgan fingerprint density at radius 2 is 2.09 bits per heavy atom. The second-order valence-corrected chi connectivity index (χ2v) is 7.09. The normalized spacial score (nSPS) is 24.4. The minimum atomic E-state index is -1.07. The third-order valence-electron chi connectivity index (χ3n) is 3.21. The Balaban J connectivity index is 0.00000220. The Kier molecular flexibility index (Phi) is 7.44. The van der Waals surface area contributed by atoms with Crippen LogP contribution >= 0.6 is 24.2 Å². The number of halogens is 2. The van der Waals surface area contributed by atoms with E-state index < -0.39 is 12.0 Å². The number of carbonyl (C=O) groups excluding carboxylic acids is 1.